The fourth-order valence-corrected chi connectivity index (χ4v) is 2.08. The van der Waals surface area contributed by atoms with E-state index >= 15 is 0 Å². The van der Waals surface area contributed by atoms with Crippen molar-refractivity contribution in [3.05, 3.63) is 27.9 Å². The summed E-state index contributed by atoms with van der Waals surface area (Å²) in [5.41, 5.74) is 1.71. The average Bonchev–Trinajstić information content (AvgIpc) is 2.41. The molecule has 1 aliphatic heterocycles. The Morgan fingerprint density at radius 3 is 3.22 bits per heavy atom. The summed E-state index contributed by atoms with van der Waals surface area (Å²) in [7, 11) is 1.61. The van der Waals surface area contributed by atoms with Gasteiger partial charge in [-0.05, 0) is 19.4 Å². The number of hydrogen-bond acceptors (Lipinski definition) is 4. The first-order valence-electron chi connectivity index (χ1n) is 6.21. The maximum atomic E-state index is 12.2. The molecule has 0 unspecified atom stereocenters. The SMILES string of the molecule is CNC(=O)CCCn1cnc2c(c1=O)CCNC2. The van der Waals surface area contributed by atoms with Gasteiger partial charge in [-0.25, -0.2) is 4.98 Å². The van der Waals surface area contributed by atoms with Gasteiger partial charge in [0, 0.05) is 32.1 Å². The van der Waals surface area contributed by atoms with E-state index in [2.05, 4.69) is 15.6 Å². The van der Waals surface area contributed by atoms with Crippen LogP contribution in [0.4, 0.5) is 0 Å². The lowest BCUT2D eigenvalue weighted by molar-refractivity contribution is -0.120. The van der Waals surface area contributed by atoms with Gasteiger partial charge in [0.2, 0.25) is 5.91 Å². The van der Waals surface area contributed by atoms with Gasteiger partial charge in [-0.1, -0.05) is 0 Å². The molecule has 1 aromatic heterocycles. The summed E-state index contributed by atoms with van der Waals surface area (Å²) in [6.07, 6.45) is 3.40. The van der Waals surface area contributed by atoms with Crippen molar-refractivity contribution in [1.82, 2.24) is 20.2 Å². The van der Waals surface area contributed by atoms with E-state index in [-0.39, 0.29) is 11.5 Å². The highest BCUT2D eigenvalue weighted by Gasteiger charge is 2.14. The molecule has 0 fully saturated rings. The number of aromatic nitrogens is 2. The minimum atomic E-state index is -0.00170. The van der Waals surface area contributed by atoms with Gasteiger partial charge in [-0.2, -0.15) is 0 Å². The van der Waals surface area contributed by atoms with Crippen molar-refractivity contribution in [3.8, 4) is 0 Å². The zero-order chi connectivity index (χ0) is 13.0. The molecule has 0 saturated carbocycles. The lowest BCUT2D eigenvalue weighted by Gasteiger charge is -2.16. The summed E-state index contributed by atoms with van der Waals surface area (Å²) < 4.78 is 1.60. The molecular weight excluding hydrogens is 232 g/mol. The number of nitrogens with one attached hydrogen (secondary N) is 2. The Labute approximate surface area is 105 Å². The van der Waals surface area contributed by atoms with Gasteiger partial charge >= 0.3 is 0 Å². The average molecular weight is 250 g/mol. The van der Waals surface area contributed by atoms with E-state index in [0.717, 1.165) is 24.2 Å². The van der Waals surface area contributed by atoms with Crippen molar-refractivity contribution in [3.63, 3.8) is 0 Å². The third kappa shape index (κ3) is 2.76. The Morgan fingerprint density at radius 2 is 2.44 bits per heavy atom. The Morgan fingerprint density at radius 1 is 1.61 bits per heavy atom. The lowest BCUT2D eigenvalue weighted by Crippen LogP contribution is -2.34. The molecule has 2 N–H and O–H groups in total. The van der Waals surface area contributed by atoms with Crippen molar-refractivity contribution in [1.29, 1.82) is 0 Å². The van der Waals surface area contributed by atoms with Crippen LogP contribution < -0.4 is 16.2 Å². The first kappa shape index (κ1) is 12.8. The predicted octanol–water partition coefficient (Wildman–Crippen LogP) is -0.585. The molecule has 0 aromatic carbocycles. The Kier molecular flexibility index (Phi) is 4.09. The van der Waals surface area contributed by atoms with E-state index < -0.39 is 0 Å². The Bertz CT molecular complexity index is 495. The monoisotopic (exact) mass is 250 g/mol. The van der Waals surface area contributed by atoms with Crippen LogP contribution in [-0.2, 0) is 24.3 Å². The number of nitrogens with zero attached hydrogens (tertiary/aromatic N) is 2. The lowest BCUT2D eigenvalue weighted by atomic mass is 10.1. The van der Waals surface area contributed by atoms with Crippen LogP contribution in [0.15, 0.2) is 11.1 Å². The predicted molar refractivity (Wildman–Crippen MR) is 67.2 cm³/mol. The van der Waals surface area contributed by atoms with Crippen LogP contribution in [0.3, 0.4) is 0 Å². The van der Waals surface area contributed by atoms with Gasteiger partial charge in [-0.3, -0.25) is 14.2 Å². The van der Waals surface area contributed by atoms with Crippen LogP contribution in [0.1, 0.15) is 24.1 Å². The highest BCUT2D eigenvalue weighted by Crippen LogP contribution is 2.05. The molecule has 0 aliphatic carbocycles. The van der Waals surface area contributed by atoms with Crippen molar-refractivity contribution in [2.24, 2.45) is 0 Å². The molecule has 0 saturated heterocycles. The quantitative estimate of drug-likeness (QED) is 0.749. The molecule has 0 bridgehead atoms. The molecular formula is C12H18N4O2. The van der Waals surface area contributed by atoms with Crippen LogP contribution >= 0.6 is 0 Å². The fourth-order valence-electron chi connectivity index (χ4n) is 2.08. The molecule has 2 rings (SSSR count). The topological polar surface area (TPSA) is 76.0 Å². The highest BCUT2D eigenvalue weighted by atomic mass is 16.1. The highest BCUT2D eigenvalue weighted by molar-refractivity contribution is 5.75. The molecule has 0 atom stereocenters. The van der Waals surface area contributed by atoms with Gasteiger partial charge in [-0.15, -0.1) is 0 Å². The molecule has 2 heterocycles. The smallest absolute Gasteiger partial charge is 0.256 e. The normalized spacial score (nSPS) is 14.1. The van der Waals surface area contributed by atoms with Crippen molar-refractivity contribution in [2.45, 2.75) is 32.4 Å². The van der Waals surface area contributed by atoms with Crippen LogP contribution in [0.25, 0.3) is 0 Å². The third-order valence-corrected chi connectivity index (χ3v) is 3.15. The molecule has 1 amide bonds. The summed E-state index contributed by atoms with van der Waals surface area (Å²) in [5.74, 6) is -0.00170. The number of rotatable bonds is 4. The molecule has 1 aromatic rings. The first-order valence-corrected chi connectivity index (χ1v) is 6.21. The Balaban J connectivity index is 2.05. The molecule has 18 heavy (non-hydrogen) atoms. The first-order chi connectivity index (χ1) is 8.72. The number of fused-ring (bicyclic) bond motifs is 1. The summed E-state index contributed by atoms with van der Waals surface area (Å²) in [6, 6.07) is 0. The van der Waals surface area contributed by atoms with Crippen molar-refractivity contribution in [2.75, 3.05) is 13.6 Å². The second-order valence-electron chi connectivity index (χ2n) is 4.37. The van der Waals surface area contributed by atoms with Crippen molar-refractivity contribution >= 4 is 5.91 Å². The molecule has 98 valence electrons. The van der Waals surface area contributed by atoms with Crippen LogP contribution in [0.2, 0.25) is 0 Å². The number of aryl methyl sites for hydroxylation is 1. The number of carbonyl (C=O) groups is 1. The summed E-state index contributed by atoms with van der Waals surface area (Å²) >= 11 is 0. The zero-order valence-corrected chi connectivity index (χ0v) is 10.5. The largest absolute Gasteiger partial charge is 0.359 e. The second kappa shape index (κ2) is 5.77. The van der Waals surface area contributed by atoms with Gasteiger partial charge < -0.3 is 10.6 Å². The molecule has 0 radical (unpaired) electrons. The van der Waals surface area contributed by atoms with E-state index in [1.54, 1.807) is 17.9 Å². The van der Waals surface area contributed by atoms with Crippen molar-refractivity contribution < 1.29 is 4.79 Å². The Hall–Kier alpha value is -1.69. The second-order valence-corrected chi connectivity index (χ2v) is 4.37. The zero-order valence-electron chi connectivity index (χ0n) is 10.5. The van der Waals surface area contributed by atoms with Gasteiger partial charge in [0.05, 0.1) is 12.0 Å². The molecule has 0 spiro atoms. The van der Waals surface area contributed by atoms with E-state index in [1.165, 1.54) is 0 Å². The van der Waals surface area contributed by atoms with Crippen LogP contribution in [0.5, 0.6) is 0 Å². The summed E-state index contributed by atoms with van der Waals surface area (Å²) in [6.45, 7) is 2.04. The van der Waals surface area contributed by atoms with E-state index in [4.69, 9.17) is 0 Å². The number of carbonyl (C=O) groups excluding carboxylic acids is 1. The standard InChI is InChI=1S/C12H18N4O2/c1-13-11(17)3-2-6-16-8-15-10-7-14-5-4-9(10)12(16)18/h8,14H,2-7H2,1H3,(H,13,17). The summed E-state index contributed by atoms with van der Waals surface area (Å²) in [5, 5.41) is 5.76. The third-order valence-electron chi connectivity index (χ3n) is 3.15. The van der Waals surface area contributed by atoms with E-state index in [9.17, 15) is 9.59 Å². The molecule has 6 nitrogen and oxygen atoms in total. The maximum absolute atomic E-state index is 12.2. The molecule has 6 heteroatoms. The van der Waals surface area contributed by atoms with Crippen LogP contribution in [0, 0.1) is 0 Å². The molecule has 1 aliphatic rings. The van der Waals surface area contributed by atoms with Gasteiger partial charge in [0.1, 0.15) is 0 Å². The minimum absolute atomic E-state index is 0.00170. The van der Waals surface area contributed by atoms with Gasteiger partial charge in [0.25, 0.3) is 5.56 Å². The van der Waals surface area contributed by atoms with Crippen LogP contribution in [-0.4, -0.2) is 29.1 Å². The van der Waals surface area contributed by atoms with Gasteiger partial charge in [0.15, 0.2) is 0 Å². The number of hydrogen-bond donors (Lipinski definition) is 2. The van der Waals surface area contributed by atoms with E-state index in [1.807, 2.05) is 0 Å². The fraction of sp³-hybridized carbons (Fsp3) is 0.583. The number of amides is 1. The minimum Gasteiger partial charge on any atom is -0.359 e. The maximum Gasteiger partial charge on any atom is 0.256 e. The summed E-state index contributed by atoms with van der Waals surface area (Å²) in [4.78, 5) is 27.5. The van der Waals surface area contributed by atoms with E-state index in [0.29, 0.717) is 25.9 Å².